The summed E-state index contributed by atoms with van der Waals surface area (Å²) < 4.78 is 85.7. The fraction of sp³-hybridized carbons (Fsp3) is 0.588. The molecular formula is C17H26F3NO7P2. The number of carbonyl (C=O) groups is 1. The first-order chi connectivity index (χ1) is 14.0. The molecule has 0 radical (unpaired) electrons. The predicted molar refractivity (Wildman–Crippen MR) is 106 cm³/mol. The zero-order chi connectivity index (χ0) is 23.0. The Bertz CT molecular complexity index is 737. The van der Waals surface area contributed by atoms with Crippen LogP contribution >= 0.6 is 15.2 Å². The van der Waals surface area contributed by atoms with Gasteiger partial charge in [-0.2, -0.15) is 13.2 Å². The van der Waals surface area contributed by atoms with Gasteiger partial charge in [0.15, 0.2) is 5.40 Å². The second-order valence-corrected chi connectivity index (χ2v) is 10.3. The van der Waals surface area contributed by atoms with Crippen molar-refractivity contribution in [2.75, 3.05) is 31.7 Å². The summed E-state index contributed by atoms with van der Waals surface area (Å²) >= 11 is 0. The molecule has 0 bridgehead atoms. The molecule has 1 aromatic rings. The lowest BCUT2D eigenvalue weighted by atomic mass is 10.2. The van der Waals surface area contributed by atoms with Gasteiger partial charge in [0, 0.05) is 5.69 Å². The maximum Gasteiger partial charge on any atom is 0.471 e. The minimum atomic E-state index is -5.06. The standard InChI is InChI=1S/C17H26F3NO7P2/c1-5-25-29(23,26-6-2)15(30(24,27-7-3)28-8-4)13-9-11-14(12-10-13)21-16(22)17(18,19)20/h9-12,15H,5-8H2,1-4H3,(H,21,22). The Morgan fingerprint density at radius 1 is 0.867 bits per heavy atom. The fourth-order valence-electron chi connectivity index (χ4n) is 2.56. The molecular weight excluding hydrogens is 449 g/mol. The second-order valence-electron chi connectivity index (χ2n) is 5.70. The third kappa shape index (κ3) is 6.90. The van der Waals surface area contributed by atoms with Gasteiger partial charge in [-0.25, -0.2) is 0 Å². The smallest absolute Gasteiger partial charge is 0.318 e. The molecule has 0 aliphatic heterocycles. The molecule has 0 aliphatic carbocycles. The Hall–Kier alpha value is -1.22. The predicted octanol–water partition coefficient (Wildman–Crippen LogP) is 5.72. The van der Waals surface area contributed by atoms with Gasteiger partial charge < -0.3 is 23.4 Å². The summed E-state index contributed by atoms with van der Waals surface area (Å²) in [6.45, 7) is 6.21. The molecule has 0 saturated heterocycles. The van der Waals surface area contributed by atoms with Crippen LogP contribution in [0.2, 0.25) is 0 Å². The average Bonchev–Trinajstić information content (AvgIpc) is 2.63. The number of amides is 1. The summed E-state index contributed by atoms with van der Waals surface area (Å²) in [5, 5.41) is 0.224. The van der Waals surface area contributed by atoms with Crippen molar-refractivity contribution < 1.29 is 45.2 Å². The molecule has 0 saturated carbocycles. The van der Waals surface area contributed by atoms with Gasteiger partial charge >= 0.3 is 27.3 Å². The van der Waals surface area contributed by atoms with E-state index in [0.717, 1.165) is 12.1 Å². The second kappa shape index (κ2) is 11.4. The van der Waals surface area contributed by atoms with Gasteiger partial charge in [0.05, 0.1) is 26.4 Å². The van der Waals surface area contributed by atoms with Crippen LogP contribution in [-0.2, 0) is 32.0 Å². The summed E-state index contributed by atoms with van der Waals surface area (Å²) in [6, 6.07) is 4.81. The van der Waals surface area contributed by atoms with E-state index in [1.807, 2.05) is 0 Å². The molecule has 0 heterocycles. The molecule has 8 nitrogen and oxygen atoms in total. The molecule has 1 N–H and O–H groups in total. The molecule has 30 heavy (non-hydrogen) atoms. The Morgan fingerprint density at radius 3 is 1.53 bits per heavy atom. The topological polar surface area (TPSA) is 100 Å². The van der Waals surface area contributed by atoms with E-state index in [1.165, 1.54) is 12.1 Å². The zero-order valence-corrected chi connectivity index (χ0v) is 18.9. The number of alkyl halides is 3. The first-order valence-electron chi connectivity index (χ1n) is 9.23. The van der Waals surface area contributed by atoms with Gasteiger partial charge in [-0.3, -0.25) is 13.9 Å². The molecule has 0 aromatic heterocycles. The minimum absolute atomic E-state index is 0.0221. The molecule has 0 fully saturated rings. The minimum Gasteiger partial charge on any atom is -0.318 e. The van der Waals surface area contributed by atoms with Crippen molar-refractivity contribution in [3.05, 3.63) is 29.8 Å². The number of anilines is 1. The monoisotopic (exact) mass is 475 g/mol. The summed E-state index contributed by atoms with van der Waals surface area (Å²) in [4.78, 5) is 11.1. The van der Waals surface area contributed by atoms with Crippen molar-refractivity contribution in [2.24, 2.45) is 0 Å². The summed E-state index contributed by atoms with van der Waals surface area (Å²) in [5.74, 6) is -2.14. The van der Waals surface area contributed by atoms with E-state index in [9.17, 15) is 27.1 Å². The number of hydrogen-bond acceptors (Lipinski definition) is 7. The van der Waals surface area contributed by atoms with Crippen LogP contribution in [0.4, 0.5) is 18.9 Å². The van der Waals surface area contributed by atoms with Crippen molar-refractivity contribution in [1.29, 1.82) is 0 Å². The van der Waals surface area contributed by atoms with Gasteiger partial charge in [-0.1, -0.05) is 12.1 Å². The van der Waals surface area contributed by atoms with E-state index in [0.29, 0.717) is 0 Å². The molecule has 0 unspecified atom stereocenters. The highest BCUT2D eigenvalue weighted by Gasteiger charge is 2.52. The molecule has 1 rings (SSSR count). The van der Waals surface area contributed by atoms with E-state index in [1.54, 1.807) is 33.0 Å². The van der Waals surface area contributed by atoms with Gasteiger partial charge in [0.25, 0.3) is 0 Å². The summed E-state index contributed by atoms with van der Waals surface area (Å²) in [6.07, 6.45) is -5.06. The first-order valence-corrected chi connectivity index (χ1v) is 12.4. The lowest BCUT2D eigenvalue weighted by Gasteiger charge is -2.31. The van der Waals surface area contributed by atoms with Crippen LogP contribution in [0.3, 0.4) is 0 Å². The van der Waals surface area contributed by atoms with Crippen LogP contribution < -0.4 is 5.32 Å². The Morgan fingerprint density at radius 2 is 1.23 bits per heavy atom. The van der Waals surface area contributed by atoms with Gasteiger partial charge in [-0.15, -0.1) is 0 Å². The van der Waals surface area contributed by atoms with Crippen molar-refractivity contribution in [1.82, 2.24) is 0 Å². The van der Waals surface area contributed by atoms with Crippen LogP contribution in [-0.4, -0.2) is 38.5 Å². The maximum absolute atomic E-state index is 13.5. The van der Waals surface area contributed by atoms with Crippen LogP contribution in [0.15, 0.2) is 24.3 Å². The molecule has 0 spiro atoms. The van der Waals surface area contributed by atoms with E-state index >= 15 is 0 Å². The van der Waals surface area contributed by atoms with Crippen molar-refractivity contribution in [3.63, 3.8) is 0 Å². The number of carbonyl (C=O) groups excluding carboxylic acids is 1. The third-order valence-electron chi connectivity index (χ3n) is 3.56. The summed E-state index contributed by atoms with van der Waals surface area (Å²) in [7, 11) is -8.16. The Kier molecular flexibility index (Phi) is 10.2. The van der Waals surface area contributed by atoms with E-state index in [4.69, 9.17) is 18.1 Å². The number of halogens is 3. The van der Waals surface area contributed by atoms with Crippen LogP contribution in [0, 0.1) is 0 Å². The van der Waals surface area contributed by atoms with Gasteiger partial charge in [-0.05, 0) is 45.4 Å². The maximum atomic E-state index is 13.5. The average molecular weight is 475 g/mol. The van der Waals surface area contributed by atoms with Gasteiger partial charge in [0.1, 0.15) is 0 Å². The molecule has 0 aliphatic rings. The highest BCUT2D eigenvalue weighted by Crippen LogP contribution is 2.78. The quantitative estimate of drug-likeness (QED) is 0.386. The highest BCUT2D eigenvalue weighted by molar-refractivity contribution is 7.72. The van der Waals surface area contributed by atoms with Crippen molar-refractivity contribution in [2.45, 2.75) is 39.3 Å². The number of rotatable bonds is 12. The highest BCUT2D eigenvalue weighted by atomic mass is 31.2. The lowest BCUT2D eigenvalue weighted by molar-refractivity contribution is -0.167. The zero-order valence-electron chi connectivity index (χ0n) is 17.1. The number of nitrogens with one attached hydrogen (secondary N) is 1. The van der Waals surface area contributed by atoms with E-state index < -0.39 is 32.7 Å². The Balaban J connectivity index is 3.46. The van der Waals surface area contributed by atoms with Crippen LogP contribution in [0.5, 0.6) is 0 Å². The molecule has 13 heteroatoms. The molecule has 172 valence electrons. The van der Waals surface area contributed by atoms with Crippen LogP contribution in [0.1, 0.15) is 38.7 Å². The van der Waals surface area contributed by atoms with Crippen LogP contribution in [0.25, 0.3) is 0 Å². The number of hydrogen-bond donors (Lipinski definition) is 1. The largest absolute Gasteiger partial charge is 0.471 e. The summed E-state index contributed by atoms with van der Waals surface area (Å²) in [5.41, 5.74) is -0.0272. The Labute approximate surface area is 173 Å². The van der Waals surface area contributed by atoms with E-state index in [2.05, 4.69) is 0 Å². The molecule has 0 atom stereocenters. The van der Waals surface area contributed by atoms with Gasteiger partial charge in [0.2, 0.25) is 0 Å². The first kappa shape index (κ1) is 26.8. The number of benzene rings is 1. The molecule has 1 amide bonds. The van der Waals surface area contributed by atoms with Crippen molar-refractivity contribution >= 4 is 26.8 Å². The lowest BCUT2D eigenvalue weighted by Crippen LogP contribution is -2.29. The SMILES string of the molecule is CCOP(=O)(OCC)C(c1ccc(NC(=O)C(F)(F)F)cc1)P(=O)(OCC)OCC. The normalized spacial score (nSPS) is 12.9. The van der Waals surface area contributed by atoms with E-state index in [-0.39, 0.29) is 37.7 Å². The fourth-order valence-corrected chi connectivity index (χ4v) is 7.97. The molecule has 1 aromatic carbocycles. The third-order valence-corrected chi connectivity index (χ3v) is 9.52. The van der Waals surface area contributed by atoms with Crippen molar-refractivity contribution in [3.8, 4) is 0 Å².